The van der Waals surface area contributed by atoms with Crippen LogP contribution in [-0.2, 0) is 4.79 Å². The molecule has 1 aliphatic rings. The lowest BCUT2D eigenvalue weighted by atomic mass is 10.2. The smallest absolute Gasteiger partial charge is 0.203 e. The van der Waals surface area contributed by atoms with E-state index in [9.17, 15) is 4.79 Å². The van der Waals surface area contributed by atoms with Gasteiger partial charge >= 0.3 is 0 Å². The van der Waals surface area contributed by atoms with Crippen LogP contribution in [-0.4, -0.2) is 40.2 Å². The number of hydrogen-bond donors (Lipinski definition) is 0. The van der Waals surface area contributed by atoms with Crippen LogP contribution >= 0.6 is 0 Å². The molecular weight excluding hydrogens is 234 g/mol. The van der Waals surface area contributed by atoms with Gasteiger partial charge in [-0.1, -0.05) is 0 Å². The first kappa shape index (κ1) is 12.5. The van der Waals surface area contributed by atoms with E-state index < -0.39 is 0 Å². The van der Waals surface area contributed by atoms with Gasteiger partial charge in [-0.05, 0) is 0 Å². The van der Waals surface area contributed by atoms with Gasteiger partial charge in [-0.2, -0.15) is 0 Å². The van der Waals surface area contributed by atoms with Crippen LogP contribution in [0.4, 0.5) is 5.69 Å². The largest absolute Gasteiger partial charge is 0.493 e. The van der Waals surface area contributed by atoms with Crippen LogP contribution in [0.5, 0.6) is 17.2 Å². The summed E-state index contributed by atoms with van der Waals surface area (Å²) >= 11 is 0. The number of anilines is 1. The first-order valence-electron chi connectivity index (χ1n) is 5.76. The molecule has 0 atom stereocenters. The molecule has 18 heavy (non-hydrogen) atoms. The molecule has 0 bridgehead atoms. The predicted octanol–water partition coefficient (Wildman–Crippen LogP) is 1.49. The molecule has 1 saturated heterocycles. The van der Waals surface area contributed by atoms with Gasteiger partial charge in [0, 0.05) is 30.8 Å². The van der Waals surface area contributed by atoms with E-state index in [1.54, 1.807) is 21.3 Å². The van der Waals surface area contributed by atoms with Crippen molar-refractivity contribution in [3.63, 3.8) is 0 Å². The Morgan fingerprint density at radius 1 is 1.06 bits per heavy atom. The highest BCUT2D eigenvalue weighted by atomic mass is 16.5. The molecule has 1 aromatic rings. The number of carbonyl (C=O) groups excluding carboxylic acids is 1. The summed E-state index contributed by atoms with van der Waals surface area (Å²) in [5.74, 6) is 2.02. The van der Waals surface area contributed by atoms with Crippen molar-refractivity contribution in [1.82, 2.24) is 0 Å². The van der Waals surface area contributed by atoms with E-state index in [1.165, 1.54) is 0 Å². The second-order valence-electron chi connectivity index (χ2n) is 4.09. The molecule has 1 heterocycles. The van der Waals surface area contributed by atoms with Crippen molar-refractivity contribution in [3.05, 3.63) is 12.1 Å². The fraction of sp³-hybridized carbons (Fsp3) is 0.462. The van der Waals surface area contributed by atoms with Crippen molar-refractivity contribution < 1.29 is 19.0 Å². The van der Waals surface area contributed by atoms with E-state index in [4.69, 9.17) is 14.2 Å². The summed E-state index contributed by atoms with van der Waals surface area (Å²) in [7, 11) is 4.73. The monoisotopic (exact) mass is 251 g/mol. The van der Waals surface area contributed by atoms with E-state index in [1.807, 2.05) is 17.0 Å². The zero-order valence-electron chi connectivity index (χ0n) is 10.9. The number of Topliss-reactive ketones (excluding diaryl/α,β-unsaturated/α-hetero) is 1. The Kier molecular flexibility index (Phi) is 3.60. The van der Waals surface area contributed by atoms with E-state index in [-0.39, 0.29) is 5.78 Å². The first-order valence-corrected chi connectivity index (χ1v) is 5.76. The summed E-state index contributed by atoms with van der Waals surface area (Å²) in [6, 6.07) is 3.72. The van der Waals surface area contributed by atoms with Gasteiger partial charge in [0.2, 0.25) is 5.75 Å². The van der Waals surface area contributed by atoms with Gasteiger partial charge < -0.3 is 19.1 Å². The van der Waals surface area contributed by atoms with E-state index in [0.29, 0.717) is 30.2 Å². The average molecular weight is 251 g/mol. The Morgan fingerprint density at radius 3 is 2.06 bits per heavy atom. The molecule has 5 nitrogen and oxygen atoms in total. The predicted molar refractivity (Wildman–Crippen MR) is 67.9 cm³/mol. The summed E-state index contributed by atoms with van der Waals surface area (Å²) < 4.78 is 15.8. The number of ether oxygens (including phenoxy) is 3. The molecule has 0 aromatic heterocycles. The SMILES string of the molecule is COc1cc(N2CCC(=O)C2)cc(OC)c1OC. The number of carbonyl (C=O) groups is 1. The van der Waals surface area contributed by atoms with Crippen LogP contribution < -0.4 is 19.1 Å². The third-order valence-corrected chi connectivity index (χ3v) is 3.04. The second kappa shape index (κ2) is 5.16. The zero-order valence-corrected chi connectivity index (χ0v) is 10.9. The lowest BCUT2D eigenvalue weighted by Crippen LogP contribution is -2.19. The fourth-order valence-corrected chi connectivity index (χ4v) is 2.10. The molecule has 0 aliphatic carbocycles. The Morgan fingerprint density at radius 2 is 1.67 bits per heavy atom. The van der Waals surface area contributed by atoms with Gasteiger partial charge in [0.15, 0.2) is 17.3 Å². The zero-order chi connectivity index (χ0) is 13.1. The molecule has 2 rings (SSSR count). The molecule has 0 N–H and O–H groups in total. The van der Waals surface area contributed by atoms with Crippen molar-refractivity contribution in [2.75, 3.05) is 39.3 Å². The van der Waals surface area contributed by atoms with Crippen LogP contribution in [0.2, 0.25) is 0 Å². The van der Waals surface area contributed by atoms with Crippen molar-refractivity contribution >= 4 is 11.5 Å². The van der Waals surface area contributed by atoms with Gasteiger partial charge in [0.25, 0.3) is 0 Å². The Balaban J connectivity index is 2.40. The maximum Gasteiger partial charge on any atom is 0.203 e. The molecule has 1 aliphatic heterocycles. The van der Waals surface area contributed by atoms with Crippen LogP contribution in [0.1, 0.15) is 6.42 Å². The number of benzene rings is 1. The summed E-state index contributed by atoms with van der Waals surface area (Å²) in [6.45, 7) is 1.18. The molecule has 1 fully saturated rings. The molecular formula is C13H17NO4. The normalized spacial score (nSPS) is 14.8. The van der Waals surface area contributed by atoms with Crippen LogP contribution in [0.25, 0.3) is 0 Å². The molecule has 0 saturated carbocycles. The maximum absolute atomic E-state index is 11.3. The number of nitrogens with zero attached hydrogens (tertiary/aromatic N) is 1. The molecule has 5 heteroatoms. The van der Waals surface area contributed by atoms with Gasteiger partial charge in [-0.15, -0.1) is 0 Å². The summed E-state index contributed by atoms with van der Waals surface area (Å²) in [5.41, 5.74) is 0.912. The number of methoxy groups -OCH3 is 3. The first-order chi connectivity index (χ1) is 8.69. The lowest BCUT2D eigenvalue weighted by Gasteiger charge is -2.20. The fourth-order valence-electron chi connectivity index (χ4n) is 2.10. The summed E-state index contributed by atoms with van der Waals surface area (Å²) in [5, 5.41) is 0. The third kappa shape index (κ3) is 2.20. The van der Waals surface area contributed by atoms with Crippen molar-refractivity contribution in [3.8, 4) is 17.2 Å². The van der Waals surface area contributed by atoms with Gasteiger partial charge in [-0.25, -0.2) is 0 Å². The lowest BCUT2D eigenvalue weighted by molar-refractivity contribution is -0.116. The number of ketones is 1. The van der Waals surface area contributed by atoms with Crippen LogP contribution in [0.15, 0.2) is 12.1 Å². The Hall–Kier alpha value is -1.91. The van der Waals surface area contributed by atoms with Crippen molar-refractivity contribution in [1.29, 1.82) is 0 Å². The molecule has 1 aromatic carbocycles. The third-order valence-electron chi connectivity index (χ3n) is 3.04. The minimum Gasteiger partial charge on any atom is -0.493 e. The molecule has 0 unspecified atom stereocenters. The minimum atomic E-state index is 0.253. The number of hydrogen-bond acceptors (Lipinski definition) is 5. The van der Waals surface area contributed by atoms with Gasteiger partial charge in [0.05, 0.1) is 27.9 Å². The highest BCUT2D eigenvalue weighted by Gasteiger charge is 2.22. The van der Waals surface area contributed by atoms with E-state index in [0.717, 1.165) is 12.2 Å². The minimum absolute atomic E-state index is 0.253. The summed E-state index contributed by atoms with van der Waals surface area (Å²) in [4.78, 5) is 13.3. The van der Waals surface area contributed by atoms with Crippen molar-refractivity contribution in [2.24, 2.45) is 0 Å². The number of rotatable bonds is 4. The van der Waals surface area contributed by atoms with Gasteiger partial charge in [-0.3, -0.25) is 4.79 Å². The van der Waals surface area contributed by atoms with Crippen LogP contribution in [0, 0.1) is 0 Å². The second-order valence-corrected chi connectivity index (χ2v) is 4.09. The van der Waals surface area contributed by atoms with Crippen LogP contribution in [0.3, 0.4) is 0 Å². The molecule has 0 spiro atoms. The van der Waals surface area contributed by atoms with Crippen molar-refractivity contribution in [2.45, 2.75) is 6.42 Å². The average Bonchev–Trinajstić information content (AvgIpc) is 2.83. The highest BCUT2D eigenvalue weighted by molar-refractivity contribution is 5.87. The maximum atomic E-state index is 11.3. The van der Waals surface area contributed by atoms with Gasteiger partial charge in [0.1, 0.15) is 0 Å². The quantitative estimate of drug-likeness (QED) is 0.811. The van der Waals surface area contributed by atoms with E-state index in [2.05, 4.69) is 0 Å². The Bertz CT molecular complexity index is 433. The Labute approximate surface area is 106 Å². The highest BCUT2D eigenvalue weighted by Crippen LogP contribution is 2.41. The molecule has 98 valence electrons. The van der Waals surface area contributed by atoms with E-state index >= 15 is 0 Å². The topological polar surface area (TPSA) is 48.0 Å². The summed E-state index contributed by atoms with van der Waals surface area (Å²) in [6.07, 6.45) is 0.594. The molecule has 0 amide bonds. The standard InChI is InChI=1S/C13H17NO4/c1-16-11-6-9(14-5-4-10(15)8-14)7-12(17-2)13(11)18-3/h6-7H,4-5,8H2,1-3H3. The molecule has 0 radical (unpaired) electrons.